The molecule has 2 aromatic rings. The Hall–Kier alpha value is -3.35. The summed E-state index contributed by atoms with van der Waals surface area (Å²) < 4.78 is 5.53. The fourth-order valence-electron chi connectivity index (χ4n) is 4.26. The molecule has 0 saturated carbocycles. The molecule has 176 valence electrons. The molecule has 7 heteroatoms. The molecule has 2 unspecified atom stereocenters. The van der Waals surface area contributed by atoms with Crippen LogP contribution in [0, 0.1) is 11.8 Å². The van der Waals surface area contributed by atoms with Crippen molar-refractivity contribution < 1.29 is 24.2 Å². The third kappa shape index (κ3) is 5.92. The largest absolute Gasteiger partial charge is 0.481 e. The highest BCUT2D eigenvalue weighted by molar-refractivity contribution is 5.85. The number of hydrogen-bond acceptors (Lipinski definition) is 4. The van der Waals surface area contributed by atoms with Gasteiger partial charge in [-0.25, -0.2) is 4.79 Å². The molecule has 2 amide bonds. The van der Waals surface area contributed by atoms with Crippen LogP contribution in [0.5, 0.6) is 0 Å². The van der Waals surface area contributed by atoms with Gasteiger partial charge in [-0.3, -0.25) is 9.59 Å². The molecule has 0 radical (unpaired) electrons. The standard InChI is InChI=1S/C26H32N2O5/c1-4-23(25(31)27-14-17(16(2)3)13-24(29)30)28-26(32)33-15-22-20-11-7-5-9-18(20)19-10-6-8-12-21(19)22/h5-12,16-17,22-23H,4,13-15H2,1-3H3,(H,27,31)(H,28,32)(H,29,30). The number of carboxylic acid groups (broad SMARTS) is 1. The molecule has 3 N–H and O–H groups in total. The summed E-state index contributed by atoms with van der Waals surface area (Å²) >= 11 is 0. The van der Waals surface area contributed by atoms with E-state index in [1.54, 1.807) is 6.92 Å². The number of amides is 2. The molecule has 0 fully saturated rings. The Kier molecular flexibility index (Phi) is 8.09. The summed E-state index contributed by atoms with van der Waals surface area (Å²) in [7, 11) is 0. The van der Waals surface area contributed by atoms with Crippen LogP contribution in [0.1, 0.15) is 50.7 Å². The molecule has 0 spiro atoms. The number of hydrogen-bond donors (Lipinski definition) is 3. The van der Waals surface area contributed by atoms with E-state index in [9.17, 15) is 14.4 Å². The quantitative estimate of drug-likeness (QED) is 0.502. The van der Waals surface area contributed by atoms with Crippen molar-refractivity contribution >= 4 is 18.0 Å². The zero-order valence-electron chi connectivity index (χ0n) is 19.3. The lowest BCUT2D eigenvalue weighted by Gasteiger charge is -2.22. The SMILES string of the molecule is CCC(NC(=O)OCC1c2ccccc2-c2ccccc21)C(=O)NCC(CC(=O)O)C(C)C. The topological polar surface area (TPSA) is 105 Å². The average molecular weight is 453 g/mol. The van der Waals surface area contributed by atoms with Crippen molar-refractivity contribution in [2.24, 2.45) is 11.8 Å². The van der Waals surface area contributed by atoms with Gasteiger partial charge in [0.25, 0.3) is 0 Å². The van der Waals surface area contributed by atoms with E-state index in [4.69, 9.17) is 9.84 Å². The number of nitrogens with one attached hydrogen (secondary N) is 2. The van der Waals surface area contributed by atoms with E-state index >= 15 is 0 Å². The van der Waals surface area contributed by atoms with Crippen LogP contribution >= 0.6 is 0 Å². The first-order chi connectivity index (χ1) is 15.8. The number of carboxylic acids is 1. The number of alkyl carbamates (subject to hydrolysis) is 1. The molecule has 2 atom stereocenters. The summed E-state index contributed by atoms with van der Waals surface area (Å²) in [6.45, 7) is 6.06. The number of fused-ring (bicyclic) bond motifs is 3. The van der Waals surface area contributed by atoms with E-state index in [2.05, 4.69) is 22.8 Å². The summed E-state index contributed by atoms with van der Waals surface area (Å²) in [4.78, 5) is 36.1. The van der Waals surface area contributed by atoms with Gasteiger partial charge in [0, 0.05) is 12.5 Å². The van der Waals surface area contributed by atoms with Crippen molar-refractivity contribution in [3.05, 3.63) is 59.7 Å². The molecule has 0 aromatic heterocycles. The highest BCUT2D eigenvalue weighted by atomic mass is 16.5. The molecular formula is C26H32N2O5. The maximum absolute atomic E-state index is 12.6. The van der Waals surface area contributed by atoms with Crippen LogP contribution in [-0.4, -0.2) is 42.3 Å². The van der Waals surface area contributed by atoms with Gasteiger partial charge >= 0.3 is 12.1 Å². The predicted molar refractivity (Wildman–Crippen MR) is 126 cm³/mol. The Balaban J connectivity index is 1.56. The van der Waals surface area contributed by atoms with Crippen molar-refractivity contribution in [3.63, 3.8) is 0 Å². The van der Waals surface area contributed by atoms with E-state index in [0.29, 0.717) is 6.42 Å². The number of carbonyl (C=O) groups is 3. The average Bonchev–Trinajstić information content (AvgIpc) is 3.12. The van der Waals surface area contributed by atoms with Crippen LogP contribution in [0.15, 0.2) is 48.5 Å². The van der Waals surface area contributed by atoms with Crippen molar-refractivity contribution in [1.29, 1.82) is 0 Å². The molecule has 3 rings (SSSR count). The number of benzene rings is 2. The second kappa shape index (κ2) is 11.0. The third-order valence-corrected chi connectivity index (χ3v) is 6.28. The van der Waals surface area contributed by atoms with Crippen LogP contribution in [-0.2, 0) is 14.3 Å². The maximum Gasteiger partial charge on any atom is 0.407 e. The monoisotopic (exact) mass is 452 g/mol. The molecule has 1 aliphatic rings. The first-order valence-corrected chi connectivity index (χ1v) is 11.4. The highest BCUT2D eigenvalue weighted by Gasteiger charge is 2.29. The van der Waals surface area contributed by atoms with E-state index in [1.165, 1.54) is 0 Å². The normalized spacial score (nSPS) is 14.2. The fourth-order valence-corrected chi connectivity index (χ4v) is 4.26. The molecule has 0 bridgehead atoms. The second-order valence-electron chi connectivity index (χ2n) is 8.78. The minimum atomic E-state index is -0.897. The van der Waals surface area contributed by atoms with Crippen molar-refractivity contribution in [1.82, 2.24) is 10.6 Å². The summed E-state index contributed by atoms with van der Waals surface area (Å²) in [5, 5.41) is 14.5. The van der Waals surface area contributed by atoms with Gasteiger partial charge < -0.3 is 20.5 Å². The summed E-state index contributed by atoms with van der Waals surface area (Å²) in [5.41, 5.74) is 4.53. The van der Waals surface area contributed by atoms with Crippen LogP contribution in [0.2, 0.25) is 0 Å². The number of carbonyl (C=O) groups excluding carboxylic acids is 2. The third-order valence-electron chi connectivity index (χ3n) is 6.28. The van der Waals surface area contributed by atoms with E-state index < -0.39 is 18.1 Å². The Bertz CT molecular complexity index is 958. The molecule has 7 nitrogen and oxygen atoms in total. The molecule has 33 heavy (non-hydrogen) atoms. The summed E-state index contributed by atoms with van der Waals surface area (Å²) in [6.07, 6.45) is -0.277. The first-order valence-electron chi connectivity index (χ1n) is 11.4. The van der Waals surface area contributed by atoms with Crippen molar-refractivity contribution in [2.75, 3.05) is 13.2 Å². The van der Waals surface area contributed by atoms with E-state index in [-0.39, 0.29) is 43.2 Å². The van der Waals surface area contributed by atoms with Gasteiger partial charge in [-0.2, -0.15) is 0 Å². The Morgan fingerprint density at radius 3 is 2.09 bits per heavy atom. The van der Waals surface area contributed by atoms with Gasteiger partial charge in [0.2, 0.25) is 5.91 Å². The highest BCUT2D eigenvalue weighted by Crippen LogP contribution is 2.44. The van der Waals surface area contributed by atoms with E-state index in [0.717, 1.165) is 22.3 Å². The lowest BCUT2D eigenvalue weighted by Crippen LogP contribution is -2.48. The van der Waals surface area contributed by atoms with Crippen molar-refractivity contribution in [2.45, 2.75) is 45.6 Å². The van der Waals surface area contributed by atoms with Crippen LogP contribution in [0.3, 0.4) is 0 Å². The molecule has 1 aliphatic carbocycles. The van der Waals surface area contributed by atoms with Gasteiger partial charge in [-0.15, -0.1) is 0 Å². The summed E-state index contributed by atoms with van der Waals surface area (Å²) in [6, 6.07) is 15.4. The molecule has 2 aromatic carbocycles. The molecule has 0 heterocycles. The lowest BCUT2D eigenvalue weighted by molar-refractivity contribution is -0.138. The fraction of sp³-hybridized carbons (Fsp3) is 0.423. The van der Waals surface area contributed by atoms with Crippen LogP contribution in [0.25, 0.3) is 11.1 Å². The van der Waals surface area contributed by atoms with Gasteiger partial charge in [0.15, 0.2) is 0 Å². The molecular weight excluding hydrogens is 420 g/mol. The zero-order valence-corrected chi connectivity index (χ0v) is 19.3. The number of aliphatic carboxylic acids is 1. The summed E-state index contributed by atoms with van der Waals surface area (Å²) in [5.74, 6) is -1.37. The Morgan fingerprint density at radius 1 is 1.00 bits per heavy atom. The van der Waals surface area contributed by atoms with Crippen LogP contribution in [0.4, 0.5) is 4.79 Å². The maximum atomic E-state index is 12.6. The second-order valence-corrected chi connectivity index (χ2v) is 8.78. The lowest BCUT2D eigenvalue weighted by atomic mass is 9.92. The molecule has 0 saturated heterocycles. The van der Waals surface area contributed by atoms with Gasteiger partial charge in [-0.1, -0.05) is 69.3 Å². The first kappa shape index (κ1) is 24.3. The minimum Gasteiger partial charge on any atom is -0.481 e. The van der Waals surface area contributed by atoms with Crippen molar-refractivity contribution in [3.8, 4) is 11.1 Å². The Morgan fingerprint density at radius 2 is 1.58 bits per heavy atom. The smallest absolute Gasteiger partial charge is 0.407 e. The molecule has 0 aliphatic heterocycles. The number of ether oxygens (including phenoxy) is 1. The van der Waals surface area contributed by atoms with Gasteiger partial charge in [0.1, 0.15) is 12.6 Å². The van der Waals surface area contributed by atoms with Gasteiger partial charge in [0.05, 0.1) is 6.42 Å². The zero-order chi connectivity index (χ0) is 24.0. The van der Waals surface area contributed by atoms with Gasteiger partial charge in [-0.05, 0) is 40.5 Å². The number of rotatable bonds is 10. The minimum absolute atomic E-state index is 0.0193. The predicted octanol–water partition coefficient (Wildman–Crippen LogP) is 4.17. The van der Waals surface area contributed by atoms with E-state index in [1.807, 2.05) is 50.2 Å². The van der Waals surface area contributed by atoms with Crippen LogP contribution < -0.4 is 10.6 Å². The Labute approximate surface area is 194 Å².